The number of carbonyl (C=O) groups is 6. The van der Waals surface area contributed by atoms with Crippen LogP contribution in [0.15, 0.2) is 114 Å². The van der Waals surface area contributed by atoms with E-state index in [-0.39, 0.29) is 50.6 Å². The highest BCUT2D eigenvalue weighted by molar-refractivity contribution is 6.76. The molecule has 2 aliphatic heterocycles. The third-order valence-electron chi connectivity index (χ3n) is 12.7. The highest BCUT2D eigenvalue weighted by atomic mass is 35.6. The number of ether oxygens (including phenoxy) is 11. The molecule has 0 bridgehead atoms. The Morgan fingerprint density at radius 2 is 1.18 bits per heavy atom. The fourth-order valence-corrected chi connectivity index (χ4v) is 9.09. The number of fused-ring (bicyclic) bond motifs is 3. The summed E-state index contributed by atoms with van der Waals surface area (Å²) in [5.74, 6) is -5.05. The lowest BCUT2D eigenvalue weighted by Crippen LogP contribution is -2.67. The zero-order valence-corrected chi connectivity index (χ0v) is 44.6. The van der Waals surface area contributed by atoms with Crippen LogP contribution in [0.4, 0.5) is 4.79 Å². The van der Waals surface area contributed by atoms with Crippen molar-refractivity contribution in [2.45, 2.75) is 124 Å². The van der Waals surface area contributed by atoms with E-state index >= 15 is 0 Å². The summed E-state index contributed by atoms with van der Waals surface area (Å²) in [4.78, 5) is 82.4. The van der Waals surface area contributed by atoms with Gasteiger partial charge in [-0.1, -0.05) is 149 Å². The molecular formula is C54H55Cl3N4O17. The first kappa shape index (κ1) is 59.0. The van der Waals surface area contributed by atoms with Gasteiger partial charge in [0.25, 0.3) is 3.79 Å². The number of hydrogen-bond donors (Lipinski definition) is 1. The number of esters is 3. The molecule has 0 saturated carbocycles. The van der Waals surface area contributed by atoms with Crippen molar-refractivity contribution in [3.05, 3.63) is 142 Å². The lowest BCUT2D eigenvalue weighted by atomic mass is 9.95. The van der Waals surface area contributed by atoms with Crippen molar-refractivity contribution in [3.8, 4) is 11.1 Å². The van der Waals surface area contributed by atoms with E-state index in [0.717, 1.165) is 29.4 Å². The van der Waals surface area contributed by atoms with Crippen LogP contribution >= 0.6 is 34.8 Å². The van der Waals surface area contributed by atoms with Crippen molar-refractivity contribution in [1.82, 2.24) is 0 Å². The fraction of sp³-hybridized carbons (Fsp3) is 0.426. The number of methoxy groups -OCH3 is 1. The van der Waals surface area contributed by atoms with Crippen molar-refractivity contribution in [2.24, 2.45) is 5.11 Å². The first-order valence-electron chi connectivity index (χ1n) is 24.5. The van der Waals surface area contributed by atoms with Crippen LogP contribution in [-0.4, -0.2) is 127 Å². The topological polar surface area (TPSA) is 277 Å². The molecule has 2 heterocycles. The Balaban J connectivity index is 1.30. The molecule has 10 atom stereocenters. The number of nitrogens with zero attached hydrogens (tertiary/aromatic N) is 3. The van der Waals surface area contributed by atoms with Crippen LogP contribution in [0.2, 0.25) is 0 Å². The number of ketones is 2. The number of benzene rings is 4. The van der Waals surface area contributed by atoms with Gasteiger partial charge in [-0.2, -0.15) is 0 Å². The van der Waals surface area contributed by atoms with Gasteiger partial charge in [-0.05, 0) is 52.8 Å². The second-order valence-corrected chi connectivity index (χ2v) is 20.4. The number of rotatable bonds is 23. The minimum Gasteiger partial charge on any atom is -0.467 e. The quantitative estimate of drug-likeness (QED) is 0.0106. The normalized spacial score (nSPS) is 23.5. The highest BCUT2D eigenvalue weighted by Crippen LogP contribution is 2.45. The zero-order valence-electron chi connectivity index (χ0n) is 42.3. The Morgan fingerprint density at radius 3 is 1.73 bits per heavy atom. The molecule has 0 radical (unpaired) electrons. The van der Waals surface area contributed by atoms with Crippen LogP contribution in [0.5, 0.6) is 0 Å². The molecule has 1 N–H and O–H groups in total. The van der Waals surface area contributed by atoms with E-state index in [4.69, 9.17) is 92.3 Å². The highest BCUT2D eigenvalue weighted by Gasteiger charge is 2.58. The van der Waals surface area contributed by atoms with E-state index in [9.17, 15) is 34.3 Å². The smallest absolute Gasteiger partial charge is 0.467 e. The molecule has 3 aliphatic rings. The zero-order chi connectivity index (χ0) is 55.9. The fourth-order valence-electron chi connectivity index (χ4n) is 8.95. The second-order valence-electron chi connectivity index (χ2n) is 18.2. The average molecular weight is 1140 g/mol. The summed E-state index contributed by atoms with van der Waals surface area (Å²) in [6.07, 6.45) is -18.6. The number of azide groups is 1. The first-order valence-corrected chi connectivity index (χ1v) is 25.7. The molecular weight excluding hydrogens is 1080 g/mol. The monoisotopic (exact) mass is 1140 g/mol. The van der Waals surface area contributed by atoms with Crippen molar-refractivity contribution in [1.29, 1.82) is 5.41 Å². The maximum absolute atomic E-state index is 14.2. The summed E-state index contributed by atoms with van der Waals surface area (Å²) in [5.41, 5.74) is 14.9. The van der Waals surface area contributed by atoms with E-state index in [1.807, 2.05) is 48.5 Å². The van der Waals surface area contributed by atoms with Crippen molar-refractivity contribution >= 4 is 76.3 Å². The number of alkyl halides is 3. The summed E-state index contributed by atoms with van der Waals surface area (Å²) in [5, 5.41) is 12.3. The maximum atomic E-state index is 14.2. The molecule has 21 nitrogen and oxygen atoms in total. The molecule has 1 unspecified atom stereocenters. The van der Waals surface area contributed by atoms with Crippen LogP contribution < -0.4 is 0 Å². The average Bonchev–Trinajstić information content (AvgIpc) is 3.76. The van der Waals surface area contributed by atoms with Gasteiger partial charge in [-0.3, -0.25) is 15.0 Å². The summed E-state index contributed by atoms with van der Waals surface area (Å²) in [7, 11) is 1.04. The molecule has 0 aromatic heterocycles. The van der Waals surface area contributed by atoms with E-state index in [1.165, 1.54) is 13.8 Å². The molecule has 4 aromatic carbocycles. The summed E-state index contributed by atoms with van der Waals surface area (Å²) in [6, 6.07) is 30.9. The van der Waals surface area contributed by atoms with Crippen molar-refractivity contribution < 1.29 is 80.9 Å². The minimum absolute atomic E-state index is 0.177. The molecule has 414 valence electrons. The number of carbonyl (C=O) groups excluding carboxylic acids is 6. The lowest BCUT2D eigenvalue weighted by Gasteiger charge is -2.48. The Hall–Kier alpha value is -6.65. The summed E-state index contributed by atoms with van der Waals surface area (Å²) < 4.78 is 64.4. The van der Waals surface area contributed by atoms with Gasteiger partial charge < -0.3 is 61.7 Å². The predicted octanol–water partition coefficient (Wildman–Crippen LogP) is 8.74. The van der Waals surface area contributed by atoms with E-state index in [0.29, 0.717) is 11.1 Å². The van der Waals surface area contributed by atoms with E-state index in [2.05, 4.69) is 10.0 Å². The molecule has 24 heteroatoms. The van der Waals surface area contributed by atoms with Crippen LogP contribution in [0, 0.1) is 5.41 Å². The van der Waals surface area contributed by atoms with E-state index in [1.54, 1.807) is 60.7 Å². The standard InChI is InChI=1S/C54H55Cl3N4O17/c1-30(62)22-24-40(64)69-29-39-43(44(70-26-32-14-6-4-7-15-32)42(60-61-59)50(73-39)78-52(58)54(55,56)57)75-51-48(74-41(65)25-23-31(2)63)45(71-27-33-16-8-5-9-17-33)46(47(76-51)49(66)68-3)77-53(67)72-28-38-36-20-12-10-18-34(36)35-19-11-13-21-37(35)38/h4-21,38-39,42-48,50-51,58H,22-29H2,1-3H3/t39-,42-,43-,44-,45+,46+,47+,48-,50?,51-/m1/s1. The number of hydrogen-bond acceptors (Lipinski definition) is 19. The summed E-state index contributed by atoms with van der Waals surface area (Å²) in [6.45, 7) is 1.12. The minimum atomic E-state index is -2.47. The Morgan fingerprint density at radius 1 is 0.628 bits per heavy atom. The molecule has 2 saturated heterocycles. The van der Waals surface area contributed by atoms with Gasteiger partial charge in [0.2, 0.25) is 12.2 Å². The number of Topliss-reactive ketones (excluding diaryl/α,β-unsaturated/α-hetero) is 2. The third kappa shape index (κ3) is 15.5. The van der Waals surface area contributed by atoms with Gasteiger partial charge in [-0.25, -0.2) is 9.59 Å². The van der Waals surface area contributed by atoms with Crippen LogP contribution in [0.1, 0.15) is 67.7 Å². The second kappa shape index (κ2) is 27.8. The lowest BCUT2D eigenvalue weighted by molar-refractivity contribution is -0.346. The molecule has 0 amide bonds. The molecule has 4 aromatic rings. The molecule has 0 spiro atoms. The third-order valence-corrected chi connectivity index (χ3v) is 13.2. The van der Waals surface area contributed by atoms with Gasteiger partial charge in [-0.15, -0.1) is 0 Å². The Kier molecular flexibility index (Phi) is 21.0. The van der Waals surface area contributed by atoms with Crippen LogP contribution in [-0.2, 0) is 89.3 Å². The molecule has 7 rings (SSSR count). The van der Waals surface area contributed by atoms with Crippen molar-refractivity contribution in [2.75, 3.05) is 20.3 Å². The Bertz CT molecular complexity index is 2770. The van der Waals surface area contributed by atoms with Crippen LogP contribution in [0.3, 0.4) is 0 Å². The van der Waals surface area contributed by atoms with Gasteiger partial charge in [0, 0.05) is 23.7 Å². The van der Waals surface area contributed by atoms with Crippen LogP contribution in [0.25, 0.3) is 21.6 Å². The molecule has 2 fully saturated rings. The number of halogens is 3. The SMILES string of the molecule is COC(=O)[C@H]1O[C@@H](O[C@H]2[C@H](OCc3ccccc3)[C@@H](N=[N+]=[N-])C(OC(=N)C(Cl)(Cl)Cl)O[C@@H]2COC(=O)CCC(C)=O)[C@H](OC(=O)CCC(C)=O)[C@@H](OCc2ccccc2)[C@@H]1OC(=O)OCC1c2ccccc2-c2ccccc21. The maximum Gasteiger partial charge on any atom is 0.508 e. The van der Waals surface area contributed by atoms with E-state index < -0.39 is 114 Å². The van der Waals surface area contributed by atoms with Crippen molar-refractivity contribution in [3.63, 3.8) is 0 Å². The van der Waals surface area contributed by atoms with Gasteiger partial charge in [0.1, 0.15) is 55.2 Å². The van der Waals surface area contributed by atoms with Gasteiger partial charge >= 0.3 is 24.1 Å². The largest absolute Gasteiger partial charge is 0.508 e. The molecule has 1 aliphatic carbocycles. The summed E-state index contributed by atoms with van der Waals surface area (Å²) >= 11 is 18.1. The Labute approximate surface area is 462 Å². The first-order chi connectivity index (χ1) is 37.4. The number of nitrogens with one attached hydrogen (secondary N) is 1. The van der Waals surface area contributed by atoms with Gasteiger partial charge in [0.05, 0.1) is 33.2 Å². The molecule has 78 heavy (non-hydrogen) atoms. The van der Waals surface area contributed by atoms with Gasteiger partial charge in [0.15, 0.2) is 24.6 Å². The predicted molar refractivity (Wildman–Crippen MR) is 277 cm³/mol.